The second-order valence-electron chi connectivity index (χ2n) is 7.64. The first-order valence-electron chi connectivity index (χ1n) is 9.87. The Morgan fingerprint density at radius 1 is 1.24 bits per heavy atom. The number of amides is 1. The summed E-state index contributed by atoms with van der Waals surface area (Å²) in [5.41, 5.74) is 10.4. The van der Waals surface area contributed by atoms with Crippen LogP contribution < -0.4 is 5.73 Å². The van der Waals surface area contributed by atoms with Crippen LogP contribution in [0.2, 0.25) is 0 Å². The van der Waals surface area contributed by atoms with Crippen molar-refractivity contribution in [3.63, 3.8) is 0 Å². The fourth-order valence-electron chi connectivity index (χ4n) is 4.49. The number of rotatable bonds is 3. The Balaban J connectivity index is 1.41. The quantitative estimate of drug-likeness (QED) is 0.693. The lowest BCUT2D eigenvalue weighted by atomic mass is 9.70. The van der Waals surface area contributed by atoms with E-state index in [1.54, 1.807) is 0 Å². The molecular weight excluding hydrogens is 386 g/mol. The Morgan fingerprint density at radius 2 is 2.03 bits per heavy atom. The Bertz CT molecular complexity index is 1020. The minimum absolute atomic E-state index is 0.0209. The van der Waals surface area contributed by atoms with Crippen molar-refractivity contribution in [3.8, 4) is 0 Å². The van der Waals surface area contributed by atoms with Crippen LogP contribution in [0.3, 0.4) is 0 Å². The molecule has 29 heavy (non-hydrogen) atoms. The molecule has 0 aliphatic carbocycles. The topological polar surface area (TPSA) is 97.1 Å². The van der Waals surface area contributed by atoms with Crippen LogP contribution in [0.25, 0.3) is 0 Å². The van der Waals surface area contributed by atoms with Crippen LogP contribution in [0.4, 0.5) is 5.13 Å². The van der Waals surface area contributed by atoms with Crippen molar-refractivity contribution < 1.29 is 9.53 Å². The molecule has 150 valence electrons. The minimum Gasteiger partial charge on any atom is -0.376 e. The summed E-state index contributed by atoms with van der Waals surface area (Å²) in [7, 11) is 0. The number of aromatic amines is 1. The van der Waals surface area contributed by atoms with Crippen LogP contribution >= 0.6 is 11.3 Å². The van der Waals surface area contributed by atoms with Crippen LogP contribution in [-0.2, 0) is 23.2 Å². The number of nitrogens with two attached hydrogens (primary N) is 1. The number of carbonyl (C=O) groups is 1. The molecule has 3 N–H and O–H groups in total. The summed E-state index contributed by atoms with van der Waals surface area (Å²) in [5, 5.41) is 9.96. The number of ether oxygens (including phenoxy) is 1. The number of hydrogen-bond acceptors (Lipinski definition) is 6. The van der Waals surface area contributed by atoms with E-state index in [0.717, 1.165) is 36.2 Å². The van der Waals surface area contributed by atoms with Crippen molar-refractivity contribution in [1.29, 1.82) is 0 Å². The largest absolute Gasteiger partial charge is 0.376 e. The smallest absolute Gasteiger partial charge is 0.274 e. The normalized spacial score (nSPS) is 18.4. The highest BCUT2D eigenvalue weighted by Crippen LogP contribution is 2.42. The van der Waals surface area contributed by atoms with Crippen molar-refractivity contribution in [2.24, 2.45) is 0 Å². The highest BCUT2D eigenvalue weighted by Gasteiger charge is 2.41. The van der Waals surface area contributed by atoms with Crippen molar-refractivity contribution in [3.05, 3.63) is 63.9 Å². The summed E-state index contributed by atoms with van der Waals surface area (Å²) in [6, 6.07) is 10.4. The van der Waals surface area contributed by atoms with Gasteiger partial charge in [0.25, 0.3) is 5.91 Å². The standard InChI is InChI=1S/C21H23N5O2S/c22-20-23-17(13-29-20)21(14-4-2-1-3-5-14)7-9-26(10-8-21)19(27)18-15-12-28-11-6-16(15)24-25-18/h1-5,13H,6-12H2,(H2,22,23)(H,24,25). The maximum Gasteiger partial charge on any atom is 0.274 e. The Hall–Kier alpha value is -2.71. The average Bonchev–Trinajstić information content (AvgIpc) is 3.40. The summed E-state index contributed by atoms with van der Waals surface area (Å²) in [6.07, 6.45) is 2.38. The van der Waals surface area contributed by atoms with Crippen LogP contribution in [0, 0.1) is 0 Å². The van der Waals surface area contributed by atoms with Crippen LogP contribution in [-0.4, -0.2) is 45.7 Å². The Labute approximate surface area is 172 Å². The number of aromatic nitrogens is 3. The molecule has 1 amide bonds. The molecule has 3 aromatic rings. The third kappa shape index (κ3) is 3.12. The SMILES string of the molecule is Nc1nc(C2(c3ccccc3)CCN(C(=O)c3n[nH]c4c3COCC4)CC2)cs1. The highest BCUT2D eigenvalue weighted by atomic mass is 32.1. The zero-order chi connectivity index (χ0) is 19.8. The van der Waals surface area contributed by atoms with E-state index < -0.39 is 0 Å². The predicted octanol–water partition coefficient (Wildman–Crippen LogP) is 2.74. The number of piperidine rings is 1. The van der Waals surface area contributed by atoms with Gasteiger partial charge in [0.15, 0.2) is 10.8 Å². The fourth-order valence-corrected chi connectivity index (χ4v) is 5.15. The highest BCUT2D eigenvalue weighted by molar-refractivity contribution is 7.13. The second-order valence-corrected chi connectivity index (χ2v) is 8.53. The summed E-state index contributed by atoms with van der Waals surface area (Å²) in [6.45, 7) is 2.41. The summed E-state index contributed by atoms with van der Waals surface area (Å²) in [5.74, 6) is -0.0209. The predicted molar refractivity (Wildman–Crippen MR) is 111 cm³/mol. The number of carbonyl (C=O) groups excluding carboxylic acids is 1. The van der Waals surface area contributed by atoms with Gasteiger partial charge in [-0.1, -0.05) is 30.3 Å². The number of nitrogens with one attached hydrogen (secondary N) is 1. The van der Waals surface area contributed by atoms with Crippen LogP contribution in [0.15, 0.2) is 35.7 Å². The Morgan fingerprint density at radius 3 is 2.76 bits per heavy atom. The molecule has 1 aromatic carbocycles. The van der Waals surface area contributed by atoms with Crippen molar-refractivity contribution in [2.75, 3.05) is 25.4 Å². The lowest BCUT2D eigenvalue weighted by Gasteiger charge is -2.41. The molecule has 0 atom stereocenters. The monoisotopic (exact) mass is 409 g/mol. The number of hydrogen-bond donors (Lipinski definition) is 2. The number of thiazole rings is 1. The van der Waals surface area contributed by atoms with Gasteiger partial charge < -0.3 is 15.4 Å². The summed E-state index contributed by atoms with van der Waals surface area (Å²) in [4.78, 5) is 19.7. The molecule has 2 aromatic heterocycles. The third-order valence-corrected chi connectivity index (χ3v) is 6.81. The number of likely N-dealkylation sites (tertiary alicyclic amines) is 1. The summed E-state index contributed by atoms with van der Waals surface area (Å²) < 4.78 is 5.53. The first-order chi connectivity index (χ1) is 14.2. The van der Waals surface area contributed by atoms with E-state index >= 15 is 0 Å². The van der Waals surface area contributed by atoms with Crippen molar-refractivity contribution in [2.45, 2.75) is 31.3 Å². The van der Waals surface area contributed by atoms with Gasteiger partial charge in [-0.3, -0.25) is 9.89 Å². The molecule has 2 aliphatic heterocycles. The zero-order valence-electron chi connectivity index (χ0n) is 16.1. The lowest BCUT2D eigenvalue weighted by Crippen LogP contribution is -2.46. The van der Waals surface area contributed by atoms with Gasteiger partial charge in [-0.05, 0) is 18.4 Å². The van der Waals surface area contributed by atoms with E-state index in [1.165, 1.54) is 16.9 Å². The number of benzene rings is 1. The molecule has 0 bridgehead atoms. The Kier molecular flexibility index (Phi) is 4.60. The van der Waals surface area contributed by atoms with Crippen molar-refractivity contribution >= 4 is 22.4 Å². The fraction of sp³-hybridized carbons (Fsp3) is 0.381. The molecule has 1 saturated heterocycles. The van der Waals surface area contributed by atoms with Gasteiger partial charge in [0, 0.05) is 41.6 Å². The molecule has 0 radical (unpaired) electrons. The first-order valence-corrected chi connectivity index (χ1v) is 10.8. The van der Waals surface area contributed by atoms with E-state index in [2.05, 4.69) is 44.8 Å². The lowest BCUT2D eigenvalue weighted by molar-refractivity contribution is 0.0666. The molecule has 2 aliphatic rings. The molecule has 0 spiro atoms. The van der Waals surface area contributed by atoms with Crippen LogP contribution in [0.1, 0.15) is 45.8 Å². The number of H-pyrrole nitrogens is 1. The molecule has 7 nitrogen and oxygen atoms in total. The van der Waals surface area contributed by atoms with Gasteiger partial charge in [-0.25, -0.2) is 4.98 Å². The molecule has 4 heterocycles. The van der Waals surface area contributed by atoms with E-state index in [1.807, 2.05) is 11.0 Å². The number of anilines is 1. The van der Waals surface area contributed by atoms with E-state index in [-0.39, 0.29) is 11.3 Å². The van der Waals surface area contributed by atoms with E-state index in [0.29, 0.717) is 37.1 Å². The average molecular weight is 410 g/mol. The number of nitrogens with zero attached hydrogens (tertiary/aromatic N) is 3. The van der Waals surface area contributed by atoms with Gasteiger partial charge in [-0.2, -0.15) is 5.10 Å². The first kappa shape index (κ1) is 18.3. The van der Waals surface area contributed by atoms with Gasteiger partial charge in [0.05, 0.1) is 18.9 Å². The van der Waals surface area contributed by atoms with Gasteiger partial charge in [0.2, 0.25) is 0 Å². The molecular formula is C21H23N5O2S. The van der Waals surface area contributed by atoms with Crippen molar-refractivity contribution in [1.82, 2.24) is 20.1 Å². The maximum absolute atomic E-state index is 13.2. The van der Waals surface area contributed by atoms with E-state index in [9.17, 15) is 4.79 Å². The molecule has 0 unspecified atom stereocenters. The number of fused-ring (bicyclic) bond motifs is 1. The van der Waals surface area contributed by atoms with Gasteiger partial charge in [-0.15, -0.1) is 11.3 Å². The van der Waals surface area contributed by atoms with Crippen LogP contribution in [0.5, 0.6) is 0 Å². The zero-order valence-corrected chi connectivity index (χ0v) is 16.9. The third-order valence-electron chi connectivity index (χ3n) is 6.14. The van der Waals surface area contributed by atoms with Gasteiger partial charge in [0.1, 0.15) is 0 Å². The van der Waals surface area contributed by atoms with E-state index in [4.69, 9.17) is 10.5 Å². The van der Waals surface area contributed by atoms with Gasteiger partial charge >= 0.3 is 0 Å². The molecule has 1 fully saturated rings. The molecule has 5 rings (SSSR count). The minimum atomic E-state index is -0.222. The molecule has 8 heteroatoms. The maximum atomic E-state index is 13.2. The number of nitrogen functional groups attached to an aromatic ring is 1. The summed E-state index contributed by atoms with van der Waals surface area (Å²) >= 11 is 1.47. The molecule has 0 saturated carbocycles. The second kappa shape index (κ2) is 7.27.